The van der Waals surface area contributed by atoms with Crippen molar-refractivity contribution in [2.75, 3.05) is 5.32 Å². The van der Waals surface area contributed by atoms with Gasteiger partial charge in [0.1, 0.15) is 17.5 Å². The monoisotopic (exact) mass is 313 g/mol. The number of nitrogens with zero attached hydrogens (tertiary/aromatic N) is 4. The fourth-order valence-electron chi connectivity index (χ4n) is 1.52. The molecule has 0 amide bonds. The van der Waals surface area contributed by atoms with Crippen molar-refractivity contribution in [1.29, 1.82) is 5.26 Å². The van der Waals surface area contributed by atoms with Gasteiger partial charge in [-0.3, -0.25) is 0 Å². The van der Waals surface area contributed by atoms with E-state index in [2.05, 4.69) is 21.5 Å². The normalized spacial score (nSPS) is 13.9. The molecule has 3 rings (SSSR count). The van der Waals surface area contributed by atoms with Crippen molar-refractivity contribution in [3.63, 3.8) is 0 Å². The molecule has 0 aromatic carbocycles. The minimum atomic E-state index is -5.08. The van der Waals surface area contributed by atoms with Gasteiger partial charge < -0.3 is 10.4 Å². The lowest BCUT2D eigenvalue weighted by atomic mass is 10.4. The predicted octanol–water partition coefficient (Wildman–Crippen LogP) is 1.81. The number of alkyl halides is 3. The minimum Gasteiger partial charge on any atom is -0.475 e. The number of rotatable bonds is 2. The van der Waals surface area contributed by atoms with Crippen LogP contribution < -0.4 is 5.32 Å². The summed E-state index contributed by atoms with van der Waals surface area (Å²) in [6.07, 6.45) is 0.565. The van der Waals surface area contributed by atoms with Gasteiger partial charge in [-0.25, -0.2) is 9.78 Å². The number of halogens is 3. The van der Waals surface area contributed by atoms with E-state index in [0.717, 1.165) is 5.82 Å². The van der Waals surface area contributed by atoms with Crippen LogP contribution in [0.5, 0.6) is 0 Å². The van der Waals surface area contributed by atoms with Crippen LogP contribution in [0, 0.1) is 11.3 Å². The molecule has 0 bridgehead atoms. The molecule has 1 saturated carbocycles. The Morgan fingerprint density at radius 1 is 1.50 bits per heavy atom. The van der Waals surface area contributed by atoms with Gasteiger partial charge in [-0.2, -0.15) is 28.0 Å². The Morgan fingerprint density at radius 3 is 2.64 bits per heavy atom. The van der Waals surface area contributed by atoms with Gasteiger partial charge in [0, 0.05) is 12.2 Å². The van der Waals surface area contributed by atoms with Crippen LogP contribution in [-0.2, 0) is 4.79 Å². The molecule has 10 heteroatoms. The zero-order chi connectivity index (χ0) is 16.3. The van der Waals surface area contributed by atoms with E-state index in [1.54, 1.807) is 16.9 Å². The highest BCUT2D eigenvalue weighted by Gasteiger charge is 2.38. The molecule has 0 saturated heterocycles. The van der Waals surface area contributed by atoms with Gasteiger partial charge in [-0.05, 0) is 18.9 Å². The van der Waals surface area contributed by atoms with E-state index >= 15 is 0 Å². The lowest BCUT2D eigenvalue weighted by Gasteiger charge is -2.05. The van der Waals surface area contributed by atoms with Crippen molar-refractivity contribution < 1.29 is 23.1 Å². The quantitative estimate of drug-likeness (QED) is 0.876. The summed E-state index contributed by atoms with van der Waals surface area (Å²) in [4.78, 5) is 13.0. The van der Waals surface area contributed by atoms with Crippen molar-refractivity contribution in [2.24, 2.45) is 0 Å². The van der Waals surface area contributed by atoms with Gasteiger partial charge >= 0.3 is 12.1 Å². The standard InChI is InChI=1S/C10H9N5.C2HF3O2/c11-5-7-6-13-15-9(14-8-1-2-8)3-4-12-10(7)15;3-2(4,5)1(6)7/h3-4,6,8,14H,1-2H2;(H,6,7). The van der Waals surface area contributed by atoms with E-state index in [4.69, 9.17) is 15.2 Å². The van der Waals surface area contributed by atoms with E-state index in [1.807, 2.05) is 6.07 Å². The smallest absolute Gasteiger partial charge is 0.475 e. The first-order chi connectivity index (χ1) is 10.3. The van der Waals surface area contributed by atoms with Gasteiger partial charge in [0.2, 0.25) is 0 Å². The fourth-order valence-corrected chi connectivity index (χ4v) is 1.52. The Bertz CT molecular complexity index is 730. The first kappa shape index (κ1) is 15.6. The van der Waals surface area contributed by atoms with E-state index < -0.39 is 12.1 Å². The Hall–Kier alpha value is -2.83. The van der Waals surface area contributed by atoms with Crippen LogP contribution in [0.15, 0.2) is 18.5 Å². The number of fused-ring (bicyclic) bond motifs is 1. The highest BCUT2D eigenvalue weighted by Crippen LogP contribution is 2.24. The Morgan fingerprint density at radius 2 is 2.14 bits per heavy atom. The largest absolute Gasteiger partial charge is 0.490 e. The van der Waals surface area contributed by atoms with Crippen molar-refractivity contribution >= 4 is 17.4 Å². The summed E-state index contributed by atoms with van der Waals surface area (Å²) in [5.41, 5.74) is 1.12. The van der Waals surface area contributed by atoms with E-state index in [0.29, 0.717) is 17.3 Å². The summed E-state index contributed by atoms with van der Waals surface area (Å²) in [6.45, 7) is 0. The van der Waals surface area contributed by atoms with Crippen LogP contribution in [-0.4, -0.2) is 37.9 Å². The molecule has 1 aliphatic rings. The molecule has 0 spiro atoms. The first-order valence-corrected chi connectivity index (χ1v) is 6.12. The maximum Gasteiger partial charge on any atom is 0.490 e. The van der Waals surface area contributed by atoms with Crippen LogP contribution >= 0.6 is 0 Å². The second-order valence-electron chi connectivity index (χ2n) is 4.46. The molecule has 0 atom stereocenters. The average Bonchev–Trinajstić information content (AvgIpc) is 3.16. The molecule has 116 valence electrons. The molecule has 1 fully saturated rings. The summed E-state index contributed by atoms with van der Waals surface area (Å²) < 4.78 is 33.4. The zero-order valence-electron chi connectivity index (χ0n) is 11.0. The number of nitrogens with one attached hydrogen (secondary N) is 1. The second kappa shape index (κ2) is 5.88. The van der Waals surface area contributed by atoms with Crippen LogP contribution in [0.2, 0.25) is 0 Å². The SMILES string of the molecule is N#Cc1cnn2c(NC3CC3)ccnc12.O=C(O)C(F)(F)F. The number of aliphatic carboxylic acids is 1. The number of aromatic nitrogens is 3. The van der Waals surface area contributed by atoms with Gasteiger partial charge in [0.25, 0.3) is 0 Å². The summed E-state index contributed by atoms with van der Waals surface area (Å²) >= 11 is 0. The highest BCUT2D eigenvalue weighted by molar-refractivity contribution is 5.73. The van der Waals surface area contributed by atoms with Gasteiger partial charge in [0.15, 0.2) is 5.65 Å². The maximum atomic E-state index is 10.6. The molecule has 2 N–H and O–H groups in total. The minimum absolute atomic E-state index is 0.509. The highest BCUT2D eigenvalue weighted by atomic mass is 19.4. The fraction of sp³-hybridized carbons (Fsp3) is 0.333. The zero-order valence-corrected chi connectivity index (χ0v) is 11.0. The number of hydrogen-bond acceptors (Lipinski definition) is 5. The molecule has 0 aliphatic heterocycles. The molecule has 1 aliphatic carbocycles. The van der Waals surface area contributed by atoms with Crippen LogP contribution in [0.1, 0.15) is 18.4 Å². The molecule has 7 nitrogen and oxygen atoms in total. The third-order valence-corrected chi connectivity index (χ3v) is 2.69. The number of nitriles is 1. The van der Waals surface area contributed by atoms with Crippen LogP contribution in [0.25, 0.3) is 5.65 Å². The topological polar surface area (TPSA) is 103 Å². The van der Waals surface area contributed by atoms with E-state index in [9.17, 15) is 13.2 Å². The number of carboxylic acids is 1. The summed E-state index contributed by atoms with van der Waals surface area (Å²) in [6, 6.07) is 4.51. The summed E-state index contributed by atoms with van der Waals surface area (Å²) in [7, 11) is 0. The molecule has 2 heterocycles. The van der Waals surface area contributed by atoms with Crippen LogP contribution in [0.3, 0.4) is 0 Å². The molecule has 0 radical (unpaired) electrons. The molecule has 2 aromatic rings. The molecule has 22 heavy (non-hydrogen) atoms. The number of carbonyl (C=O) groups is 1. The third-order valence-electron chi connectivity index (χ3n) is 2.69. The van der Waals surface area contributed by atoms with Gasteiger partial charge in [0.05, 0.1) is 6.20 Å². The summed E-state index contributed by atoms with van der Waals surface area (Å²) in [5, 5.41) is 23.5. The van der Waals surface area contributed by atoms with Crippen molar-refractivity contribution in [3.05, 3.63) is 24.0 Å². The second-order valence-corrected chi connectivity index (χ2v) is 4.46. The number of anilines is 1. The Kier molecular flexibility index (Phi) is 4.16. The van der Waals surface area contributed by atoms with Crippen molar-refractivity contribution in [3.8, 4) is 6.07 Å². The Balaban J connectivity index is 0.000000217. The summed E-state index contributed by atoms with van der Waals surface area (Å²) in [5.74, 6) is -1.85. The Labute approximate surface area is 122 Å². The molecule has 2 aromatic heterocycles. The predicted molar refractivity (Wildman–Crippen MR) is 68.0 cm³/mol. The third kappa shape index (κ3) is 3.63. The van der Waals surface area contributed by atoms with Crippen LogP contribution in [0.4, 0.5) is 19.0 Å². The van der Waals surface area contributed by atoms with E-state index in [1.165, 1.54) is 12.8 Å². The average molecular weight is 313 g/mol. The van der Waals surface area contributed by atoms with Crippen molar-refractivity contribution in [2.45, 2.75) is 25.1 Å². The molecular formula is C12H10F3N5O2. The molecule has 0 unspecified atom stereocenters. The van der Waals surface area contributed by atoms with E-state index in [-0.39, 0.29) is 0 Å². The van der Waals surface area contributed by atoms with Gasteiger partial charge in [-0.1, -0.05) is 0 Å². The number of hydrogen-bond donors (Lipinski definition) is 2. The lowest BCUT2D eigenvalue weighted by Crippen LogP contribution is -2.21. The molecular weight excluding hydrogens is 303 g/mol. The first-order valence-electron chi connectivity index (χ1n) is 6.12. The van der Waals surface area contributed by atoms with Crippen molar-refractivity contribution in [1.82, 2.24) is 14.6 Å². The maximum absolute atomic E-state index is 10.6. The number of carboxylic acid groups (broad SMARTS) is 1. The lowest BCUT2D eigenvalue weighted by molar-refractivity contribution is -0.192. The van der Waals surface area contributed by atoms with Gasteiger partial charge in [-0.15, -0.1) is 0 Å².